The van der Waals surface area contributed by atoms with Crippen molar-refractivity contribution in [1.29, 1.82) is 0 Å². The van der Waals surface area contributed by atoms with Gasteiger partial charge in [-0.1, -0.05) is 43.3 Å². The van der Waals surface area contributed by atoms with Crippen molar-refractivity contribution in [2.24, 2.45) is 0 Å². The van der Waals surface area contributed by atoms with Crippen LogP contribution in [0.5, 0.6) is 0 Å². The highest BCUT2D eigenvalue weighted by Crippen LogP contribution is 2.46. The molecule has 4 aromatic rings. The third kappa shape index (κ3) is 5.37. The van der Waals surface area contributed by atoms with Gasteiger partial charge in [0, 0.05) is 15.6 Å². The van der Waals surface area contributed by atoms with E-state index in [1.165, 1.54) is 26.0 Å². The quantitative estimate of drug-likeness (QED) is 0.246. The summed E-state index contributed by atoms with van der Waals surface area (Å²) in [6.45, 7) is 4.46. The molecule has 0 radical (unpaired) electrons. The molecule has 4 nitrogen and oxygen atoms in total. The summed E-state index contributed by atoms with van der Waals surface area (Å²) in [6.07, 6.45) is -4.26. The van der Waals surface area contributed by atoms with E-state index in [1.807, 2.05) is 6.92 Å². The second-order valence-corrected chi connectivity index (χ2v) is 12.1. The Bertz CT molecular complexity index is 1540. The van der Waals surface area contributed by atoms with Gasteiger partial charge in [0.25, 0.3) is 10.0 Å². The van der Waals surface area contributed by atoms with E-state index in [0.717, 1.165) is 27.3 Å². The van der Waals surface area contributed by atoms with Gasteiger partial charge in [-0.15, -0.1) is 11.3 Å². The molecule has 0 fully saturated rings. The minimum absolute atomic E-state index is 0.0537. The zero-order chi connectivity index (χ0) is 27.2. The number of aliphatic hydroxyl groups is 1. The summed E-state index contributed by atoms with van der Waals surface area (Å²) < 4.78 is 83.9. The van der Waals surface area contributed by atoms with E-state index in [0.29, 0.717) is 34.2 Å². The van der Waals surface area contributed by atoms with Crippen molar-refractivity contribution < 1.29 is 31.1 Å². The summed E-state index contributed by atoms with van der Waals surface area (Å²) in [5.41, 5.74) is -1.76. The van der Waals surface area contributed by atoms with Gasteiger partial charge in [-0.25, -0.2) is 12.8 Å². The number of thiophene rings is 1. The van der Waals surface area contributed by atoms with Crippen LogP contribution in [0.2, 0.25) is 0 Å². The maximum absolute atomic E-state index is 14.0. The number of benzene rings is 3. The zero-order valence-electron chi connectivity index (χ0n) is 20.3. The van der Waals surface area contributed by atoms with Crippen LogP contribution in [0.4, 0.5) is 22.6 Å². The number of halogens is 4. The molecule has 37 heavy (non-hydrogen) atoms. The highest BCUT2D eigenvalue weighted by molar-refractivity contribution is 7.93. The number of hydrogen-bond acceptors (Lipinski definition) is 4. The lowest BCUT2D eigenvalue weighted by atomic mass is 9.96. The van der Waals surface area contributed by atoms with E-state index in [1.54, 1.807) is 36.4 Å². The lowest BCUT2D eigenvalue weighted by molar-refractivity contribution is -0.140. The van der Waals surface area contributed by atoms with Crippen molar-refractivity contribution in [3.63, 3.8) is 0 Å². The van der Waals surface area contributed by atoms with Crippen molar-refractivity contribution in [2.75, 3.05) is 4.31 Å². The van der Waals surface area contributed by atoms with Crippen LogP contribution in [0.3, 0.4) is 0 Å². The number of alkyl halides is 3. The summed E-state index contributed by atoms with van der Waals surface area (Å²) >= 11 is 1.11. The van der Waals surface area contributed by atoms with E-state index in [-0.39, 0.29) is 15.5 Å². The third-order valence-corrected chi connectivity index (χ3v) is 9.07. The van der Waals surface area contributed by atoms with Gasteiger partial charge in [-0.3, -0.25) is 4.31 Å². The molecule has 0 saturated carbocycles. The smallest absolute Gasteiger partial charge is 0.386 e. The minimum Gasteiger partial charge on any atom is -0.386 e. The fourth-order valence-electron chi connectivity index (χ4n) is 4.14. The Morgan fingerprint density at radius 3 is 2.16 bits per heavy atom. The number of hydrogen-bond donors (Lipinski definition) is 1. The number of rotatable bonds is 7. The predicted molar refractivity (Wildman–Crippen MR) is 138 cm³/mol. The number of aryl methyl sites for hydroxylation is 1. The maximum Gasteiger partial charge on any atom is 0.419 e. The zero-order valence-corrected chi connectivity index (χ0v) is 21.9. The Morgan fingerprint density at radius 1 is 0.946 bits per heavy atom. The first-order valence-corrected chi connectivity index (χ1v) is 13.7. The molecule has 0 aliphatic rings. The van der Waals surface area contributed by atoms with Crippen LogP contribution in [0.1, 0.15) is 43.0 Å². The van der Waals surface area contributed by atoms with Gasteiger partial charge in [0.15, 0.2) is 0 Å². The Hall–Kier alpha value is -2.95. The van der Waals surface area contributed by atoms with Gasteiger partial charge in [0.1, 0.15) is 10.8 Å². The van der Waals surface area contributed by atoms with Gasteiger partial charge < -0.3 is 5.11 Å². The molecule has 0 unspecified atom stereocenters. The molecule has 1 aromatic heterocycles. The Morgan fingerprint density at radius 2 is 1.57 bits per heavy atom. The van der Waals surface area contributed by atoms with E-state index in [9.17, 15) is 31.1 Å². The largest absolute Gasteiger partial charge is 0.419 e. The van der Waals surface area contributed by atoms with Crippen LogP contribution >= 0.6 is 11.3 Å². The van der Waals surface area contributed by atoms with Crippen LogP contribution in [0, 0.1) is 5.82 Å². The fourth-order valence-corrected chi connectivity index (χ4v) is 7.18. The lowest BCUT2D eigenvalue weighted by Crippen LogP contribution is -2.32. The van der Waals surface area contributed by atoms with Crippen molar-refractivity contribution in [2.45, 2.75) is 50.4 Å². The normalized spacial score (nSPS) is 12.8. The second-order valence-electron chi connectivity index (χ2n) is 9.16. The molecule has 0 amide bonds. The summed E-state index contributed by atoms with van der Waals surface area (Å²) in [6, 6.07) is 15.7. The Balaban J connectivity index is 1.96. The second kappa shape index (κ2) is 9.74. The summed E-state index contributed by atoms with van der Waals surface area (Å²) in [4.78, 5) is -0.0537. The van der Waals surface area contributed by atoms with Crippen molar-refractivity contribution >= 4 is 36.4 Å². The molecule has 10 heteroatoms. The number of sulfonamides is 1. The molecule has 0 bridgehead atoms. The molecule has 4 rings (SSSR count). The van der Waals surface area contributed by atoms with Crippen LogP contribution in [0.15, 0.2) is 71.6 Å². The van der Waals surface area contributed by atoms with E-state index in [2.05, 4.69) is 0 Å². The fraction of sp³-hybridized carbons (Fsp3) is 0.259. The molecule has 1 N–H and O–H groups in total. The monoisotopic (exact) mass is 551 g/mol. The van der Waals surface area contributed by atoms with Gasteiger partial charge in [0.05, 0.1) is 22.6 Å². The molecule has 0 aliphatic heterocycles. The lowest BCUT2D eigenvalue weighted by Gasteiger charge is -2.28. The number of anilines is 1. The summed E-state index contributed by atoms with van der Waals surface area (Å²) in [5, 5.41) is 11.9. The molecule has 0 aliphatic carbocycles. The Labute approximate surface area is 216 Å². The third-order valence-electron chi connectivity index (χ3n) is 6.00. The van der Waals surface area contributed by atoms with E-state index in [4.69, 9.17) is 0 Å². The van der Waals surface area contributed by atoms with Crippen LogP contribution in [-0.2, 0) is 34.8 Å². The molecular formula is C27H25F4NO3S2. The topological polar surface area (TPSA) is 57.6 Å². The van der Waals surface area contributed by atoms with Gasteiger partial charge in [-0.05, 0) is 61.7 Å². The molecule has 0 spiro atoms. The highest BCUT2D eigenvalue weighted by Gasteiger charge is 2.37. The molecule has 3 aromatic carbocycles. The Kier molecular flexibility index (Phi) is 7.13. The standard InChI is InChI=1S/C27H25F4NO3S2/c1-4-17-9-12-19(13-10-17)37(34,35)32(16-18-11-14-22(28)21(15-18)27(29,30)31)25-24(26(2,3)33)20-7-5-6-8-23(20)36-25/h5-15,33H,4,16H2,1-3H3. The average molecular weight is 552 g/mol. The first-order valence-electron chi connectivity index (χ1n) is 11.4. The molecular weight excluding hydrogens is 526 g/mol. The van der Waals surface area contributed by atoms with E-state index >= 15 is 0 Å². The molecule has 0 saturated heterocycles. The van der Waals surface area contributed by atoms with Gasteiger partial charge in [0.2, 0.25) is 0 Å². The van der Waals surface area contributed by atoms with Gasteiger partial charge in [-0.2, -0.15) is 13.2 Å². The minimum atomic E-state index is -4.95. The first-order chi connectivity index (χ1) is 17.2. The SMILES string of the molecule is CCc1ccc(S(=O)(=O)N(Cc2ccc(F)c(C(F)(F)F)c2)c2sc3ccccc3c2C(C)(C)O)cc1. The number of fused-ring (bicyclic) bond motifs is 1. The maximum atomic E-state index is 14.0. The molecule has 196 valence electrons. The molecule has 1 heterocycles. The van der Waals surface area contributed by atoms with Crippen LogP contribution in [-0.4, -0.2) is 13.5 Å². The summed E-state index contributed by atoms with van der Waals surface area (Å²) in [7, 11) is -4.31. The van der Waals surface area contributed by atoms with Gasteiger partial charge >= 0.3 is 6.18 Å². The van der Waals surface area contributed by atoms with Crippen LogP contribution in [0.25, 0.3) is 10.1 Å². The van der Waals surface area contributed by atoms with Crippen LogP contribution < -0.4 is 4.31 Å². The summed E-state index contributed by atoms with van der Waals surface area (Å²) in [5.74, 6) is -1.44. The van der Waals surface area contributed by atoms with Crippen molar-refractivity contribution in [1.82, 2.24) is 0 Å². The van der Waals surface area contributed by atoms with Crippen molar-refractivity contribution in [3.8, 4) is 0 Å². The average Bonchev–Trinajstić information content (AvgIpc) is 3.22. The molecule has 0 atom stereocenters. The van der Waals surface area contributed by atoms with Crippen molar-refractivity contribution in [3.05, 3.63) is 94.8 Å². The van der Waals surface area contributed by atoms with E-state index < -0.39 is 39.7 Å². The highest BCUT2D eigenvalue weighted by atomic mass is 32.2. The first kappa shape index (κ1) is 27.1. The predicted octanol–water partition coefficient (Wildman–Crippen LogP) is 7.24. The number of nitrogens with zero attached hydrogens (tertiary/aromatic N) is 1.